The number of hydrogen-bond acceptors (Lipinski definition) is 4. The van der Waals surface area contributed by atoms with E-state index in [1.54, 1.807) is 18.3 Å². The van der Waals surface area contributed by atoms with Crippen molar-refractivity contribution in [3.8, 4) is 11.4 Å². The zero-order chi connectivity index (χ0) is 21.3. The summed E-state index contributed by atoms with van der Waals surface area (Å²) in [6.45, 7) is 5.60. The molecular formula is C24H27N3O2S. The first-order valence-electron chi connectivity index (χ1n) is 10.5. The van der Waals surface area contributed by atoms with Crippen LogP contribution in [0.25, 0.3) is 11.4 Å². The standard InChI is InChI=1S/C24H27N3O2S/c1-4-18-20(16(3)28)15(2)25-21(18)19-14-30-23(26-19)24(12-8-9-13-24)27-22(29)17-10-6-5-7-11-17/h5-7,10-11,14,25H,4,8-9,12-13H2,1-3H3,(H,27,29). The van der Waals surface area contributed by atoms with Crippen molar-refractivity contribution in [1.29, 1.82) is 0 Å². The number of Topliss-reactive ketones (excluding diaryl/α,β-unsaturated/α-hetero) is 1. The fraction of sp³-hybridized carbons (Fsp3) is 0.375. The minimum atomic E-state index is -0.423. The third-order valence-electron chi connectivity index (χ3n) is 6.01. The van der Waals surface area contributed by atoms with Crippen LogP contribution in [0.1, 0.15) is 76.5 Å². The highest BCUT2D eigenvalue weighted by atomic mass is 32.1. The Labute approximate surface area is 180 Å². The van der Waals surface area contributed by atoms with Crippen LogP contribution in [0.3, 0.4) is 0 Å². The lowest BCUT2D eigenvalue weighted by Gasteiger charge is -2.28. The van der Waals surface area contributed by atoms with Gasteiger partial charge in [-0.2, -0.15) is 0 Å². The van der Waals surface area contributed by atoms with Crippen molar-refractivity contribution < 1.29 is 9.59 Å². The van der Waals surface area contributed by atoms with Gasteiger partial charge in [0.15, 0.2) is 5.78 Å². The number of nitrogens with one attached hydrogen (secondary N) is 2. The number of amides is 1. The number of nitrogens with zero attached hydrogens (tertiary/aromatic N) is 1. The molecule has 1 aliphatic rings. The van der Waals surface area contributed by atoms with Gasteiger partial charge in [0.05, 0.1) is 16.9 Å². The maximum atomic E-state index is 12.9. The van der Waals surface area contributed by atoms with Crippen molar-refractivity contribution in [2.24, 2.45) is 0 Å². The second kappa shape index (κ2) is 8.19. The van der Waals surface area contributed by atoms with E-state index in [1.165, 1.54) is 0 Å². The van der Waals surface area contributed by atoms with Gasteiger partial charge in [0.2, 0.25) is 0 Å². The van der Waals surface area contributed by atoms with Gasteiger partial charge in [0.1, 0.15) is 5.01 Å². The molecule has 1 saturated carbocycles. The first kappa shape index (κ1) is 20.5. The van der Waals surface area contributed by atoms with Crippen molar-refractivity contribution in [2.45, 2.75) is 58.4 Å². The number of ketones is 1. The highest BCUT2D eigenvalue weighted by Crippen LogP contribution is 2.42. The first-order valence-corrected chi connectivity index (χ1v) is 11.4. The lowest BCUT2D eigenvalue weighted by Crippen LogP contribution is -2.43. The topological polar surface area (TPSA) is 74.8 Å². The number of rotatable bonds is 6. The van der Waals surface area contributed by atoms with Crippen LogP contribution >= 0.6 is 11.3 Å². The summed E-state index contributed by atoms with van der Waals surface area (Å²) in [5.41, 5.74) is 4.69. The molecule has 1 fully saturated rings. The van der Waals surface area contributed by atoms with Gasteiger partial charge in [-0.25, -0.2) is 4.98 Å². The quantitative estimate of drug-likeness (QED) is 0.523. The van der Waals surface area contributed by atoms with E-state index in [0.29, 0.717) is 5.56 Å². The predicted octanol–water partition coefficient (Wildman–Crippen LogP) is 5.41. The first-order chi connectivity index (χ1) is 14.4. The van der Waals surface area contributed by atoms with E-state index < -0.39 is 5.54 Å². The summed E-state index contributed by atoms with van der Waals surface area (Å²) in [5.74, 6) is 0.0165. The van der Waals surface area contributed by atoms with Gasteiger partial charge in [0.25, 0.3) is 5.91 Å². The van der Waals surface area contributed by atoms with Crippen LogP contribution in [0.15, 0.2) is 35.7 Å². The molecule has 5 nitrogen and oxygen atoms in total. The molecule has 4 rings (SSSR count). The number of aromatic amines is 1. The number of aryl methyl sites for hydroxylation is 1. The smallest absolute Gasteiger partial charge is 0.252 e. The molecule has 1 amide bonds. The van der Waals surface area contributed by atoms with Crippen molar-refractivity contribution in [3.05, 3.63) is 63.1 Å². The van der Waals surface area contributed by atoms with Crippen LogP contribution < -0.4 is 5.32 Å². The Kier molecular flexibility index (Phi) is 5.60. The molecule has 6 heteroatoms. The zero-order valence-corrected chi connectivity index (χ0v) is 18.5. The van der Waals surface area contributed by atoms with Crippen molar-refractivity contribution >= 4 is 23.0 Å². The molecule has 0 spiro atoms. The largest absolute Gasteiger partial charge is 0.356 e. The maximum Gasteiger partial charge on any atom is 0.252 e. The van der Waals surface area contributed by atoms with Gasteiger partial charge in [-0.05, 0) is 50.8 Å². The summed E-state index contributed by atoms with van der Waals surface area (Å²) in [6.07, 6.45) is 4.68. The third-order valence-corrected chi connectivity index (χ3v) is 7.06. The number of carbonyl (C=O) groups excluding carboxylic acids is 2. The molecule has 1 aliphatic carbocycles. The summed E-state index contributed by atoms with van der Waals surface area (Å²) in [6, 6.07) is 9.34. The van der Waals surface area contributed by atoms with Gasteiger partial charge in [-0.3, -0.25) is 9.59 Å². The third kappa shape index (κ3) is 3.60. The Morgan fingerprint density at radius 3 is 2.53 bits per heavy atom. The molecule has 2 aromatic heterocycles. The summed E-state index contributed by atoms with van der Waals surface area (Å²) < 4.78 is 0. The molecule has 0 bridgehead atoms. The van der Waals surface area contributed by atoms with Gasteiger partial charge in [-0.1, -0.05) is 38.0 Å². The van der Waals surface area contributed by atoms with E-state index >= 15 is 0 Å². The SMILES string of the molecule is CCc1c(-c2csc(C3(NC(=O)c4ccccc4)CCCC3)n2)[nH]c(C)c1C(C)=O. The van der Waals surface area contributed by atoms with Crippen molar-refractivity contribution in [3.63, 3.8) is 0 Å². The molecule has 30 heavy (non-hydrogen) atoms. The second-order valence-corrected chi connectivity index (χ2v) is 8.89. The van der Waals surface area contributed by atoms with E-state index in [9.17, 15) is 9.59 Å². The fourth-order valence-electron chi connectivity index (χ4n) is 4.58. The summed E-state index contributed by atoms with van der Waals surface area (Å²) in [4.78, 5) is 33.4. The fourth-order valence-corrected chi connectivity index (χ4v) is 5.61. The van der Waals surface area contributed by atoms with Crippen molar-refractivity contribution in [2.75, 3.05) is 0 Å². The molecule has 1 aromatic carbocycles. The lowest BCUT2D eigenvalue weighted by molar-refractivity contribution is 0.0897. The minimum Gasteiger partial charge on any atom is -0.356 e. The highest BCUT2D eigenvalue weighted by Gasteiger charge is 2.40. The molecule has 2 heterocycles. The number of hydrogen-bond donors (Lipinski definition) is 2. The molecule has 0 saturated heterocycles. The van der Waals surface area contributed by atoms with Gasteiger partial charge < -0.3 is 10.3 Å². The van der Waals surface area contributed by atoms with Crippen molar-refractivity contribution in [1.82, 2.24) is 15.3 Å². The molecule has 0 aliphatic heterocycles. The Morgan fingerprint density at radius 1 is 1.20 bits per heavy atom. The second-order valence-electron chi connectivity index (χ2n) is 8.04. The number of aromatic nitrogens is 2. The van der Waals surface area contributed by atoms with Gasteiger partial charge in [0, 0.05) is 22.2 Å². The zero-order valence-electron chi connectivity index (χ0n) is 17.7. The summed E-state index contributed by atoms with van der Waals surface area (Å²) >= 11 is 1.59. The Bertz CT molecular complexity index is 1080. The Balaban J connectivity index is 1.69. The average molecular weight is 422 g/mol. The Morgan fingerprint density at radius 2 is 1.90 bits per heavy atom. The monoisotopic (exact) mass is 421 g/mol. The average Bonchev–Trinajstić information content (AvgIpc) is 3.46. The molecule has 0 unspecified atom stereocenters. The van der Waals surface area contributed by atoms with E-state index in [4.69, 9.17) is 4.98 Å². The molecular weight excluding hydrogens is 394 g/mol. The van der Waals surface area contributed by atoms with Gasteiger partial charge in [-0.15, -0.1) is 11.3 Å². The van der Waals surface area contributed by atoms with Crippen LogP contribution in [-0.4, -0.2) is 21.7 Å². The van der Waals surface area contributed by atoms with Crippen LogP contribution in [0.5, 0.6) is 0 Å². The van der Waals surface area contributed by atoms with E-state index in [1.807, 2.05) is 42.6 Å². The summed E-state index contributed by atoms with van der Waals surface area (Å²) in [7, 11) is 0. The molecule has 3 aromatic rings. The number of H-pyrrole nitrogens is 1. The van der Waals surface area contributed by atoms with Crippen LogP contribution in [0.4, 0.5) is 0 Å². The van der Waals surface area contributed by atoms with E-state index in [0.717, 1.165) is 65.3 Å². The number of carbonyl (C=O) groups is 2. The van der Waals surface area contributed by atoms with Gasteiger partial charge >= 0.3 is 0 Å². The molecule has 156 valence electrons. The molecule has 2 N–H and O–H groups in total. The normalized spacial score (nSPS) is 15.3. The van der Waals surface area contributed by atoms with Crippen LogP contribution in [0.2, 0.25) is 0 Å². The predicted molar refractivity (Wildman–Crippen MR) is 120 cm³/mol. The number of thiazole rings is 1. The van der Waals surface area contributed by atoms with E-state index in [2.05, 4.69) is 17.2 Å². The summed E-state index contributed by atoms with van der Waals surface area (Å²) in [5, 5.41) is 6.28. The number of benzene rings is 1. The van der Waals surface area contributed by atoms with Crippen LogP contribution in [0, 0.1) is 6.92 Å². The minimum absolute atomic E-state index is 0.0573. The molecule has 0 atom stereocenters. The Hall–Kier alpha value is -2.73. The highest BCUT2D eigenvalue weighted by molar-refractivity contribution is 7.10. The maximum absolute atomic E-state index is 12.9. The van der Waals surface area contributed by atoms with Crippen LogP contribution in [-0.2, 0) is 12.0 Å². The lowest BCUT2D eigenvalue weighted by atomic mass is 9.97. The van der Waals surface area contributed by atoms with E-state index in [-0.39, 0.29) is 11.7 Å². The molecule has 0 radical (unpaired) electrons.